The average Bonchev–Trinajstić information content (AvgIpc) is 2.98. The quantitative estimate of drug-likeness (QED) is 0.591. The van der Waals surface area contributed by atoms with E-state index in [1.807, 2.05) is 30.3 Å². The number of urea groups is 1. The van der Waals surface area contributed by atoms with Crippen LogP contribution in [0.4, 0.5) is 9.59 Å². The summed E-state index contributed by atoms with van der Waals surface area (Å²) in [5.41, 5.74) is 2.79. The molecule has 2 aliphatic heterocycles. The third kappa shape index (κ3) is 6.33. The Morgan fingerprint density at radius 3 is 2.59 bits per heavy atom. The molecule has 2 aliphatic rings. The van der Waals surface area contributed by atoms with Crippen LogP contribution in [0.3, 0.4) is 0 Å². The van der Waals surface area contributed by atoms with Gasteiger partial charge in [0.1, 0.15) is 24.4 Å². The Bertz CT molecular complexity index is 812. The Labute approximate surface area is 188 Å². The Morgan fingerprint density at radius 2 is 1.91 bits per heavy atom. The fourth-order valence-corrected chi connectivity index (χ4v) is 3.60. The van der Waals surface area contributed by atoms with Crippen LogP contribution >= 0.6 is 0 Å². The van der Waals surface area contributed by atoms with Gasteiger partial charge in [0.05, 0.1) is 6.04 Å². The number of nitrogens with one attached hydrogen (secondary N) is 2. The van der Waals surface area contributed by atoms with Gasteiger partial charge < -0.3 is 15.0 Å². The number of ether oxygens (including phenoxy) is 1. The molecule has 10 nitrogen and oxygen atoms in total. The summed E-state index contributed by atoms with van der Waals surface area (Å²) in [6.45, 7) is 7.90. The van der Waals surface area contributed by atoms with Crippen molar-refractivity contribution in [3.8, 4) is 0 Å². The Hall–Kier alpha value is -2.85. The number of rotatable bonds is 8. The molecule has 0 spiro atoms. The van der Waals surface area contributed by atoms with E-state index in [1.54, 1.807) is 27.7 Å². The highest BCUT2D eigenvalue weighted by Crippen LogP contribution is 2.30. The summed E-state index contributed by atoms with van der Waals surface area (Å²) in [5, 5.41) is 3.97. The molecule has 1 aromatic carbocycles. The number of carbonyl (C=O) groups excluding carboxylic acids is 3. The fourth-order valence-electron chi connectivity index (χ4n) is 3.60. The minimum atomic E-state index is -0.630. The largest absolute Gasteiger partial charge is 0.444 e. The van der Waals surface area contributed by atoms with Crippen molar-refractivity contribution in [2.24, 2.45) is 0 Å². The zero-order valence-corrected chi connectivity index (χ0v) is 19.0. The van der Waals surface area contributed by atoms with E-state index in [2.05, 4.69) is 10.8 Å². The monoisotopic (exact) mass is 448 g/mol. The Kier molecular flexibility index (Phi) is 7.57. The second kappa shape index (κ2) is 10.2. The number of hydroxylamine groups is 3. The van der Waals surface area contributed by atoms with E-state index < -0.39 is 29.7 Å². The smallest absolute Gasteiger partial charge is 0.407 e. The molecule has 2 bridgehead atoms. The fraction of sp³-hybridized carbons (Fsp3) is 0.591. The molecule has 3 atom stereocenters. The van der Waals surface area contributed by atoms with Crippen LogP contribution in [0.25, 0.3) is 0 Å². The summed E-state index contributed by atoms with van der Waals surface area (Å²) >= 11 is 0. The number of carbonyl (C=O) groups is 3. The third-order valence-corrected chi connectivity index (χ3v) is 5.13. The summed E-state index contributed by atoms with van der Waals surface area (Å²) in [7, 11) is 0. The minimum Gasteiger partial charge on any atom is -0.444 e. The second-order valence-corrected chi connectivity index (χ2v) is 9.04. The maximum Gasteiger partial charge on any atom is 0.407 e. The van der Waals surface area contributed by atoms with Crippen LogP contribution in [-0.4, -0.2) is 64.9 Å². The molecule has 2 fully saturated rings. The molecule has 32 heavy (non-hydrogen) atoms. The van der Waals surface area contributed by atoms with Gasteiger partial charge in [0.25, 0.3) is 5.91 Å². The molecule has 0 aliphatic carbocycles. The molecule has 0 radical (unpaired) electrons. The number of hydrogen-bond acceptors (Lipinski definition) is 6. The van der Waals surface area contributed by atoms with Crippen molar-refractivity contribution in [3.63, 3.8) is 0 Å². The topological polar surface area (TPSA) is 109 Å². The van der Waals surface area contributed by atoms with Crippen molar-refractivity contribution in [2.45, 2.75) is 70.9 Å². The molecule has 2 saturated heterocycles. The van der Waals surface area contributed by atoms with E-state index >= 15 is 0 Å². The standard InChI is InChI=1S/C22H32N4O6/c1-15(12-23-20(28)31-22(2,3)4)32-24-19(27)18-11-10-17-13-25(18)21(29)26(17)30-14-16-8-6-5-7-9-16/h5-9,15,17-18H,10-14H2,1-4H3,(H,23,28)(H,24,27)/t15-,17+,18-/m0/s1. The minimum absolute atomic E-state index is 0.0758. The van der Waals surface area contributed by atoms with Crippen molar-refractivity contribution in [3.05, 3.63) is 35.9 Å². The van der Waals surface area contributed by atoms with Gasteiger partial charge >= 0.3 is 12.1 Å². The van der Waals surface area contributed by atoms with E-state index in [4.69, 9.17) is 14.4 Å². The lowest BCUT2D eigenvalue weighted by Crippen LogP contribution is -2.50. The first kappa shape index (κ1) is 23.8. The zero-order chi connectivity index (χ0) is 23.3. The van der Waals surface area contributed by atoms with Crippen LogP contribution in [0.2, 0.25) is 0 Å². The van der Waals surface area contributed by atoms with Crippen LogP contribution < -0.4 is 10.8 Å². The van der Waals surface area contributed by atoms with Crippen molar-refractivity contribution >= 4 is 18.0 Å². The summed E-state index contributed by atoms with van der Waals surface area (Å²) in [4.78, 5) is 49.8. The van der Waals surface area contributed by atoms with Crippen molar-refractivity contribution in [2.75, 3.05) is 13.1 Å². The van der Waals surface area contributed by atoms with Gasteiger partial charge in [-0.2, -0.15) is 5.06 Å². The first-order chi connectivity index (χ1) is 15.1. The van der Waals surface area contributed by atoms with Gasteiger partial charge in [-0.3, -0.25) is 14.5 Å². The van der Waals surface area contributed by atoms with Gasteiger partial charge in [-0.15, -0.1) is 0 Å². The molecule has 0 saturated carbocycles. The molecule has 3 rings (SSSR count). The molecular formula is C22H32N4O6. The lowest BCUT2D eigenvalue weighted by atomic mass is 10.0. The number of alkyl carbamates (subject to hydrolysis) is 1. The lowest BCUT2D eigenvalue weighted by Gasteiger charge is -2.29. The first-order valence-corrected chi connectivity index (χ1v) is 10.8. The van der Waals surface area contributed by atoms with E-state index in [-0.39, 0.29) is 18.6 Å². The van der Waals surface area contributed by atoms with Crippen molar-refractivity contribution < 1.29 is 28.8 Å². The van der Waals surface area contributed by atoms with Crippen LogP contribution in [0.1, 0.15) is 46.1 Å². The molecule has 4 amide bonds. The van der Waals surface area contributed by atoms with E-state index in [9.17, 15) is 14.4 Å². The number of piperidine rings is 1. The molecular weight excluding hydrogens is 416 g/mol. The maximum atomic E-state index is 12.8. The van der Waals surface area contributed by atoms with Crippen molar-refractivity contribution in [1.29, 1.82) is 0 Å². The highest BCUT2D eigenvalue weighted by atomic mass is 16.7. The number of hydrogen-bond donors (Lipinski definition) is 2. The number of nitrogens with zero attached hydrogens (tertiary/aromatic N) is 2. The second-order valence-electron chi connectivity index (χ2n) is 9.04. The Balaban J connectivity index is 1.44. The summed E-state index contributed by atoms with van der Waals surface area (Å²) in [6.07, 6.45) is 0.130. The normalized spacial score (nSPS) is 21.3. The van der Waals surface area contributed by atoms with Crippen LogP contribution in [0.5, 0.6) is 0 Å². The SMILES string of the molecule is C[C@@H](CNC(=O)OC(C)(C)C)ONC(=O)[C@@H]1CC[C@@H]2CN1C(=O)N2OCc1ccccc1. The van der Waals surface area contributed by atoms with Gasteiger partial charge in [0, 0.05) is 13.1 Å². The van der Waals surface area contributed by atoms with Crippen molar-refractivity contribution in [1.82, 2.24) is 20.8 Å². The summed E-state index contributed by atoms with van der Waals surface area (Å²) in [6, 6.07) is 8.58. The number of amides is 4. The van der Waals surface area contributed by atoms with Gasteiger partial charge in [-0.05, 0) is 46.1 Å². The Morgan fingerprint density at radius 1 is 1.19 bits per heavy atom. The molecule has 10 heteroatoms. The molecule has 2 N–H and O–H groups in total. The van der Waals surface area contributed by atoms with Gasteiger partial charge in [-0.1, -0.05) is 30.3 Å². The maximum absolute atomic E-state index is 12.8. The third-order valence-electron chi connectivity index (χ3n) is 5.13. The van der Waals surface area contributed by atoms with Crippen LogP contribution in [0.15, 0.2) is 30.3 Å². The molecule has 0 aromatic heterocycles. The molecule has 0 unspecified atom stereocenters. The predicted octanol–water partition coefficient (Wildman–Crippen LogP) is 2.35. The van der Waals surface area contributed by atoms with Gasteiger partial charge in [-0.25, -0.2) is 15.1 Å². The van der Waals surface area contributed by atoms with Crippen LogP contribution in [-0.2, 0) is 25.8 Å². The molecule has 2 heterocycles. The highest BCUT2D eigenvalue weighted by molar-refractivity contribution is 5.88. The summed E-state index contributed by atoms with van der Waals surface area (Å²) < 4.78 is 5.16. The average molecular weight is 449 g/mol. The zero-order valence-electron chi connectivity index (χ0n) is 19.0. The van der Waals surface area contributed by atoms with E-state index in [0.717, 1.165) is 5.56 Å². The van der Waals surface area contributed by atoms with E-state index in [0.29, 0.717) is 26.0 Å². The first-order valence-electron chi connectivity index (χ1n) is 10.8. The van der Waals surface area contributed by atoms with Gasteiger partial charge in [0.15, 0.2) is 0 Å². The molecule has 176 valence electrons. The van der Waals surface area contributed by atoms with E-state index in [1.165, 1.54) is 9.96 Å². The number of benzene rings is 1. The lowest BCUT2D eigenvalue weighted by molar-refractivity contribution is -0.143. The molecule has 1 aromatic rings. The predicted molar refractivity (Wildman–Crippen MR) is 115 cm³/mol. The van der Waals surface area contributed by atoms with Crippen LogP contribution in [0, 0.1) is 0 Å². The summed E-state index contributed by atoms with van der Waals surface area (Å²) in [5.74, 6) is -0.397. The highest BCUT2D eigenvalue weighted by Gasteiger charge is 2.48. The number of fused-ring (bicyclic) bond motifs is 2. The van der Waals surface area contributed by atoms with Gasteiger partial charge in [0.2, 0.25) is 0 Å².